The molecule has 0 spiro atoms. The van der Waals surface area contributed by atoms with Gasteiger partial charge in [0.25, 0.3) is 0 Å². The molecule has 0 aliphatic heterocycles. The molecular formula is C14H24ClN3O3S. The van der Waals surface area contributed by atoms with Crippen LogP contribution in [0.25, 0.3) is 0 Å². The lowest BCUT2D eigenvalue weighted by Gasteiger charge is -2.17. The second kappa shape index (κ2) is 9.66. The molecule has 22 heavy (non-hydrogen) atoms. The Morgan fingerprint density at radius 1 is 1.18 bits per heavy atom. The van der Waals surface area contributed by atoms with Crippen molar-refractivity contribution in [2.24, 2.45) is 0 Å². The van der Waals surface area contributed by atoms with Crippen molar-refractivity contribution >= 4 is 34.0 Å². The summed E-state index contributed by atoms with van der Waals surface area (Å²) in [5.74, 6) is -0.978. The summed E-state index contributed by atoms with van der Waals surface area (Å²) in [5.41, 5.74) is 7.31. The van der Waals surface area contributed by atoms with Crippen molar-refractivity contribution in [1.82, 2.24) is 9.62 Å². The van der Waals surface area contributed by atoms with Gasteiger partial charge < -0.3 is 11.1 Å². The predicted octanol–water partition coefficient (Wildman–Crippen LogP) is 1.02. The van der Waals surface area contributed by atoms with E-state index in [0.29, 0.717) is 31.7 Å². The fourth-order valence-corrected chi connectivity index (χ4v) is 3.36. The number of sulfonamides is 1. The van der Waals surface area contributed by atoms with E-state index in [-0.39, 0.29) is 12.4 Å². The maximum Gasteiger partial charge on any atom is 0.236 e. The Balaban J connectivity index is 0.00000441. The van der Waals surface area contributed by atoms with Gasteiger partial charge in [0, 0.05) is 25.3 Å². The van der Waals surface area contributed by atoms with E-state index >= 15 is 0 Å². The van der Waals surface area contributed by atoms with Gasteiger partial charge in [-0.05, 0) is 24.1 Å². The first-order valence-electron chi connectivity index (χ1n) is 6.98. The highest BCUT2D eigenvalue weighted by Gasteiger charge is 2.22. The first kappa shape index (κ1) is 20.7. The first-order chi connectivity index (χ1) is 9.89. The molecule has 1 aromatic carbocycles. The largest absolute Gasteiger partial charge is 0.399 e. The number of nitrogens with one attached hydrogen (secondary N) is 1. The normalized spacial score (nSPS) is 11.0. The highest BCUT2D eigenvalue weighted by Crippen LogP contribution is 2.05. The van der Waals surface area contributed by atoms with Gasteiger partial charge in [-0.2, -0.15) is 0 Å². The topological polar surface area (TPSA) is 92.5 Å². The molecule has 6 nitrogen and oxygen atoms in total. The van der Waals surface area contributed by atoms with Crippen LogP contribution in [0.4, 0.5) is 5.69 Å². The van der Waals surface area contributed by atoms with Crippen molar-refractivity contribution in [3.8, 4) is 0 Å². The average molecular weight is 350 g/mol. The summed E-state index contributed by atoms with van der Waals surface area (Å²) in [7, 11) is -3.52. The van der Waals surface area contributed by atoms with Crippen LogP contribution in [0, 0.1) is 0 Å². The number of nitrogens with two attached hydrogens (primary N) is 1. The van der Waals surface area contributed by atoms with Crippen LogP contribution in [0.15, 0.2) is 24.3 Å². The molecule has 0 aliphatic rings. The third-order valence-corrected chi connectivity index (χ3v) is 5.06. The molecule has 1 aromatic rings. The molecular weight excluding hydrogens is 326 g/mol. The second-order valence-corrected chi connectivity index (χ2v) is 6.65. The van der Waals surface area contributed by atoms with E-state index in [1.807, 2.05) is 12.1 Å². The van der Waals surface area contributed by atoms with Crippen molar-refractivity contribution in [3.63, 3.8) is 0 Å². The Morgan fingerprint density at radius 2 is 1.73 bits per heavy atom. The summed E-state index contributed by atoms with van der Waals surface area (Å²) in [6, 6.07) is 7.35. The van der Waals surface area contributed by atoms with Crippen LogP contribution in [-0.2, 0) is 21.2 Å². The quantitative estimate of drug-likeness (QED) is 0.685. The number of anilines is 1. The second-order valence-electron chi connectivity index (χ2n) is 4.68. The number of hydrogen-bond acceptors (Lipinski definition) is 4. The van der Waals surface area contributed by atoms with E-state index < -0.39 is 21.7 Å². The maximum atomic E-state index is 11.9. The lowest BCUT2D eigenvalue weighted by Crippen LogP contribution is -2.39. The number of hydrogen-bond donors (Lipinski definition) is 2. The van der Waals surface area contributed by atoms with Gasteiger partial charge >= 0.3 is 0 Å². The number of benzene rings is 1. The Morgan fingerprint density at radius 3 is 2.23 bits per heavy atom. The van der Waals surface area contributed by atoms with Crippen molar-refractivity contribution in [2.45, 2.75) is 20.3 Å². The molecule has 0 heterocycles. The van der Waals surface area contributed by atoms with Crippen LogP contribution in [0.5, 0.6) is 0 Å². The van der Waals surface area contributed by atoms with E-state index in [1.165, 1.54) is 4.31 Å². The summed E-state index contributed by atoms with van der Waals surface area (Å²) >= 11 is 0. The first-order valence-corrected chi connectivity index (χ1v) is 8.59. The highest BCUT2D eigenvalue weighted by atomic mass is 35.5. The van der Waals surface area contributed by atoms with Crippen LogP contribution in [0.3, 0.4) is 0 Å². The standard InChI is InChI=1S/C14H23N3O3S.ClH/c1-3-17(4-2)21(19,20)11-14(18)16-10-9-12-5-7-13(15)8-6-12;/h5-8H,3-4,9-11,15H2,1-2H3,(H,16,18);1H. The molecule has 8 heteroatoms. The Bertz CT molecular complexity index is 557. The van der Waals surface area contributed by atoms with E-state index in [9.17, 15) is 13.2 Å². The molecule has 0 fully saturated rings. The van der Waals surface area contributed by atoms with Crippen LogP contribution in [-0.4, -0.2) is 44.0 Å². The zero-order valence-electron chi connectivity index (χ0n) is 12.9. The lowest BCUT2D eigenvalue weighted by atomic mass is 10.1. The lowest BCUT2D eigenvalue weighted by molar-refractivity contribution is -0.118. The number of halogens is 1. The van der Waals surface area contributed by atoms with Gasteiger partial charge in [0.05, 0.1) is 0 Å². The van der Waals surface area contributed by atoms with Crippen molar-refractivity contribution in [2.75, 3.05) is 31.1 Å². The SMILES string of the molecule is CCN(CC)S(=O)(=O)CC(=O)NCCc1ccc(N)cc1.Cl. The van der Waals surface area contributed by atoms with E-state index in [0.717, 1.165) is 5.56 Å². The number of rotatable bonds is 8. The number of amides is 1. The molecule has 0 saturated heterocycles. The van der Waals surface area contributed by atoms with Crippen molar-refractivity contribution in [1.29, 1.82) is 0 Å². The Labute approximate surface area is 138 Å². The van der Waals surface area contributed by atoms with Crippen LogP contribution in [0.2, 0.25) is 0 Å². The molecule has 1 amide bonds. The molecule has 0 saturated carbocycles. The summed E-state index contributed by atoms with van der Waals surface area (Å²) in [6.07, 6.45) is 0.636. The van der Waals surface area contributed by atoms with Gasteiger partial charge in [-0.15, -0.1) is 12.4 Å². The predicted molar refractivity (Wildman–Crippen MR) is 91.5 cm³/mol. The molecule has 126 valence electrons. The van der Waals surface area contributed by atoms with Gasteiger partial charge in [0.15, 0.2) is 0 Å². The molecule has 1 rings (SSSR count). The summed E-state index contributed by atoms with van der Waals surface area (Å²) in [6.45, 7) is 4.64. The fraction of sp³-hybridized carbons (Fsp3) is 0.500. The maximum absolute atomic E-state index is 11.9. The number of carbonyl (C=O) groups excluding carboxylic acids is 1. The molecule has 0 radical (unpaired) electrons. The molecule has 0 aliphatic carbocycles. The molecule has 3 N–H and O–H groups in total. The smallest absolute Gasteiger partial charge is 0.236 e. The van der Waals surface area contributed by atoms with E-state index in [4.69, 9.17) is 5.73 Å². The van der Waals surface area contributed by atoms with Crippen molar-refractivity contribution < 1.29 is 13.2 Å². The van der Waals surface area contributed by atoms with Crippen LogP contribution < -0.4 is 11.1 Å². The third kappa shape index (κ3) is 6.64. The average Bonchev–Trinajstić information content (AvgIpc) is 2.41. The molecule has 0 unspecified atom stereocenters. The van der Waals surface area contributed by atoms with Gasteiger partial charge in [0.1, 0.15) is 5.75 Å². The Hall–Kier alpha value is -1.31. The van der Waals surface area contributed by atoms with Gasteiger partial charge in [-0.1, -0.05) is 26.0 Å². The van der Waals surface area contributed by atoms with Gasteiger partial charge in [0.2, 0.25) is 15.9 Å². The van der Waals surface area contributed by atoms with Gasteiger partial charge in [-0.3, -0.25) is 4.79 Å². The molecule has 0 bridgehead atoms. The van der Waals surface area contributed by atoms with Crippen LogP contribution in [0.1, 0.15) is 19.4 Å². The zero-order valence-corrected chi connectivity index (χ0v) is 14.5. The monoisotopic (exact) mass is 349 g/mol. The minimum Gasteiger partial charge on any atom is -0.399 e. The Kier molecular flexibility index (Phi) is 9.08. The minimum atomic E-state index is -3.52. The third-order valence-electron chi connectivity index (χ3n) is 3.13. The summed E-state index contributed by atoms with van der Waals surface area (Å²) in [4.78, 5) is 11.7. The minimum absolute atomic E-state index is 0. The zero-order chi connectivity index (χ0) is 15.9. The van der Waals surface area contributed by atoms with Crippen molar-refractivity contribution in [3.05, 3.63) is 29.8 Å². The number of nitrogens with zero attached hydrogens (tertiary/aromatic N) is 1. The van der Waals surface area contributed by atoms with Crippen LogP contribution >= 0.6 is 12.4 Å². The molecule has 0 aromatic heterocycles. The van der Waals surface area contributed by atoms with E-state index in [2.05, 4.69) is 5.32 Å². The van der Waals surface area contributed by atoms with Gasteiger partial charge in [-0.25, -0.2) is 12.7 Å². The van der Waals surface area contributed by atoms with E-state index in [1.54, 1.807) is 26.0 Å². The summed E-state index contributed by atoms with van der Waals surface area (Å²) in [5, 5.41) is 2.63. The number of nitrogen functional groups attached to an aromatic ring is 1. The summed E-state index contributed by atoms with van der Waals surface area (Å²) < 4.78 is 25.1. The number of carbonyl (C=O) groups is 1. The highest BCUT2D eigenvalue weighted by molar-refractivity contribution is 7.89. The fourth-order valence-electron chi connectivity index (χ4n) is 1.96. The molecule has 0 atom stereocenters.